The van der Waals surface area contributed by atoms with Crippen molar-refractivity contribution in [2.75, 3.05) is 0 Å². The van der Waals surface area contributed by atoms with Crippen LogP contribution in [0.15, 0.2) is 16.7 Å². The smallest absolute Gasteiger partial charge is 0.268 e. The van der Waals surface area contributed by atoms with Gasteiger partial charge in [-0.05, 0) is 74.4 Å². The van der Waals surface area contributed by atoms with Gasteiger partial charge < -0.3 is 9.63 Å². The number of aryl methyl sites for hydroxylation is 3. The van der Waals surface area contributed by atoms with Gasteiger partial charge in [-0.3, -0.25) is 0 Å². The fourth-order valence-electron chi connectivity index (χ4n) is 3.12. The van der Waals surface area contributed by atoms with Crippen molar-refractivity contribution in [3.63, 3.8) is 0 Å². The number of phenols is 1. The molecule has 3 rings (SSSR count). The third-order valence-corrected chi connectivity index (χ3v) is 5.69. The molecular weight excluding hydrogens is 332 g/mol. The fourth-order valence-corrected chi connectivity index (χ4v) is 4.23. The molecule has 0 bridgehead atoms. The summed E-state index contributed by atoms with van der Waals surface area (Å²) in [6.45, 7) is 12.5. The number of nitrogens with zero attached hydrogens (tertiary/aromatic N) is 2. The van der Waals surface area contributed by atoms with E-state index >= 15 is 0 Å². The largest absolute Gasteiger partial charge is 0.507 e. The highest BCUT2D eigenvalue weighted by Gasteiger charge is 2.20. The van der Waals surface area contributed by atoms with E-state index < -0.39 is 0 Å². The van der Waals surface area contributed by atoms with Crippen LogP contribution in [0.4, 0.5) is 0 Å². The van der Waals surface area contributed by atoms with Crippen molar-refractivity contribution in [1.82, 2.24) is 10.1 Å². The van der Waals surface area contributed by atoms with Gasteiger partial charge in [0.1, 0.15) is 5.75 Å². The van der Waals surface area contributed by atoms with Gasteiger partial charge in [-0.1, -0.05) is 19.0 Å². The number of rotatable bonds is 4. The number of aromatic nitrogens is 2. The average Bonchev–Trinajstić information content (AvgIpc) is 3.12. The van der Waals surface area contributed by atoms with E-state index in [-0.39, 0.29) is 0 Å². The van der Waals surface area contributed by atoms with Crippen molar-refractivity contribution in [3.8, 4) is 27.9 Å². The topological polar surface area (TPSA) is 59.2 Å². The molecule has 1 aromatic carbocycles. The second-order valence-corrected chi connectivity index (χ2v) is 8.30. The standard InChI is InChI=1S/C20H24N2O2S/c1-10(2)7-16-13(5)18(25-14(16)6)20-21-19(22-24-20)15-8-11(3)17(23)12(4)9-15/h8-10,23H,7H2,1-6H3. The molecule has 0 fully saturated rings. The van der Waals surface area contributed by atoms with Crippen LogP contribution in [0.3, 0.4) is 0 Å². The highest BCUT2D eigenvalue weighted by molar-refractivity contribution is 7.15. The van der Waals surface area contributed by atoms with Crippen LogP contribution in [0.25, 0.3) is 22.2 Å². The second kappa shape index (κ2) is 6.64. The van der Waals surface area contributed by atoms with Crippen molar-refractivity contribution in [1.29, 1.82) is 0 Å². The number of aromatic hydroxyl groups is 1. The summed E-state index contributed by atoms with van der Waals surface area (Å²) in [7, 11) is 0. The third kappa shape index (κ3) is 3.33. The molecule has 2 heterocycles. The predicted octanol–water partition coefficient (Wildman–Crippen LogP) is 5.60. The van der Waals surface area contributed by atoms with Crippen molar-refractivity contribution >= 4 is 11.3 Å². The molecule has 0 unspecified atom stereocenters. The average molecular weight is 356 g/mol. The van der Waals surface area contributed by atoms with Crippen LogP contribution in [0.5, 0.6) is 5.75 Å². The van der Waals surface area contributed by atoms with E-state index in [1.165, 1.54) is 16.0 Å². The minimum Gasteiger partial charge on any atom is -0.507 e. The van der Waals surface area contributed by atoms with Gasteiger partial charge >= 0.3 is 0 Å². The Morgan fingerprint density at radius 3 is 2.36 bits per heavy atom. The highest BCUT2D eigenvalue weighted by atomic mass is 32.1. The Labute approximate surface area is 152 Å². The van der Waals surface area contributed by atoms with Crippen molar-refractivity contribution < 1.29 is 9.63 Å². The van der Waals surface area contributed by atoms with Crippen molar-refractivity contribution in [2.45, 2.75) is 48.0 Å². The Bertz CT molecular complexity index is 899. The maximum Gasteiger partial charge on any atom is 0.268 e. The minimum absolute atomic E-state index is 0.315. The fraction of sp³-hybridized carbons (Fsp3) is 0.400. The summed E-state index contributed by atoms with van der Waals surface area (Å²) >= 11 is 1.72. The normalized spacial score (nSPS) is 11.5. The maximum absolute atomic E-state index is 9.94. The van der Waals surface area contributed by atoms with E-state index in [4.69, 9.17) is 4.52 Å². The van der Waals surface area contributed by atoms with Crippen LogP contribution in [-0.2, 0) is 6.42 Å². The first-order chi connectivity index (χ1) is 11.8. The maximum atomic E-state index is 9.94. The van der Waals surface area contributed by atoms with Gasteiger partial charge in [-0.15, -0.1) is 11.3 Å². The molecule has 0 aliphatic carbocycles. The van der Waals surface area contributed by atoms with E-state index in [1.54, 1.807) is 11.3 Å². The molecule has 0 saturated carbocycles. The molecular formula is C20H24N2O2S. The molecule has 2 aromatic heterocycles. The third-order valence-electron chi connectivity index (χ3n) is 4.46. The summed E-state index contributed by atoms with van der Waals surface area (Å²) in [4.78, 5) is 6.98. The van der Waals surface area contributed by atoms with Crippen LogP contribution in [0.1, 0.15) is 41.0 Å². The quantitative estimate of drug-likeness (QED) is 0.661. The minimum atomic E-state index is 0.315. The van der Waals surface area contributed by atoms with Crippen LogP contribution >= 0.6 is 11.3 Å². The lowest BCUT2D eigenvalue weighted by Crippen LogP contribution is -1.96. The van der Waals surface area contributed by atoms with Crippen LogP contribution in [0, 0.1) is 33.6 Å². The molecule has 0 atom stereocenters. The van der Waals surface area contributed by atoms with Gasteiger partial charge in [0, 0.05) is 10.4 Å². The van der Waals surface area contributed by atoms with Crippen molar-refractivity contribution in [3.05, 3.63) is 39.3 Å². The lowest BCUT2D eigenvalue weighted by molar-refractivity contribution is 0.433. The summed E-state index contributed by atoms with van der Waals surface area (Å²) in [5, 5.41) is 14.1. The lowest BCUT2D eigenvalue weighted by Gasteiger charge is -2.05. The summed E-state index contributed by atoms with van der Waals surface area (Å²) in [5.74, 6) is 2.05. The van der Waals surface area contributed by atoms with Crippen LogP contribution in [-0.4, -0.2) is 15.2 Å². The first-order valence-electron chi connectivity index (χ1n) is 8.51. The molecule has 5 heteroatoms. The zero-order chi connectivity index (χ0) is 18.3. The van der Waals surface area contributed by atoms with E-state index in [0.29, 0.717) is 23.4 Å². The van der Waals surface area contributed by atoms with E-state index in [0.717, 1.165) is 28.0 Å². The van der Waals surface area contributed by atoms with Crippen LogP contribution in [0.2, 0.25) is 0 Å². The number of hydrogen-bond acceptors (Lipinski definition) is 5. The molecule has 1 N–H and O–H groups in total. The summed E-state index contributed by atoms with van der Waals surface area (Å²) < 4.78 is 5.56. The molecule has 0 aliphatic heterocycles. The molecule has 0 radical (unpaired) electrons. The first kappa shape index (κ1) is 17.7. The number of hydrogen-bond donors (Lipinski definition) is 1. The van der Waals surface area contributed by atoms with E-state index in [1.807, 2.05) is 26.0 Å². The van der Waals surface area contributed by atoms with Gasteiger partial charge in [0.15, 0.2) is 0 Å². The monoisotopic (exact) mass is 356 g/mol. The van der Waals surface area contributed by atoms with Gasteiger partial charge in [-0.2, -0.15) is 4.98 Å². The van der Waals surface area contributed by atoms with E-state index in [9.17, 15) is 5.11 Å². The summed E-state index contributed by atoms with van der Waals surface area (Å²) in [6, 6.07) is 3.77. The molecule has 4 nitrogen and oxygen atoms in total. The summed E-state index contributed by atoms with van der Waals surface area (Å²) in [5.41, 5.74) is 5.11. The first-order valence-corrected chi connectivity index (χ1v) is 9.33. The summed E-state index contributed by atoms with van der Waals surface area (Å²) in [6.07, 6.45) is 1.06. The van der Waals surface area contributed by atoms with Crippen molar-refractivity contribution in [2.24, 2.45) is 5.92 Å². The van der Waals surface area contributed by atoms with Gasteiger partial charge in [0.2, 0.25) is 5.82 Å². The highest BCUT2D eigenvalue weighted by Crippen LogP contribution is 2.37. The molecule has 0 amide bonds. The SMILES string of the molecule is Cc1cc(-c2noc(-c3sc(C)c(CC(C)C)c3C)n2)cc(C)c1O. The molecule has 0 saturated heterocycles. The molecule has 0 aliphatic rings. The Balaban J connectivity index is 2.00. The molecule has 25 heavy (non-hydrogen) atoms. The number of phenolic OH excluding ortho intramolecular Hbond substituents is 1. The Morgan fingerprint density at radius 2 is 1.76 bits per heavy atom. The van der Waals surface area contributed by atoms with E-state index in [2.05, 4.69) is 37.8 Å². The zero-order valence-electron chi connectivity index (χ0n) is 15.6. The van der Waals surface area contributed by atoms with Gasteiger partial charge in [0.25, 0.3) is 5.89 Å². The predicted molar refractivity (Wildman–Crippen MR) is 102 cm³/mol. The second-order valence-electron chi connectivity index (χ2n) is 7.07. The van der Waals surface area contributed by atoms with Crippen LogP contribution < -0.4 is 0 Å². The Morgan fingerprint density at radius 1 is 1.12 bits per heavy atom. The van der Waals surface area contributed by atoms with Gasteiger partial charge in [0.05, 0.1) is 4.88 Å². The number of thiophene rings is 1. The zero-order valence-corrected chi connectivity index (χ0v) is 16.4. The molecule has 132 valence electrons. The lowest BCUT2D eigenvalue weighted by atomic mass is 9.99. The van der Waals surface area contributed by atoms with Gasteiger partial charge in [-0.25, -0.2) is 0 Å². The molecule has 3 aromatic rings. The Hall–Kier alpha value is -2.14. The molecule has 0 spiro atoms. The number of benzene rings is 1. The Kier molecular flexibility index (Phi) is 4.69.